The molecular weight excluding hydrogens is 712 g/mol. The molecule has 0 spiro atoms. The lowest BCUT2D eigenvalue weighted by atomic mass is 9.96. The average molecular weight is 740 g/mol. The maximum Gasteiger partial charge on any atom is 0.338 e. The smallest absolute Gasteiger partial charge is 0.338 e. The van der Waals surface area contributed by atoms with E-state index in [-0.39, 0.29) is 29.4 Å². The third kappa shape index (κ3) is 6.70. The molecular formula is C32H27BrN4O10S. The molecule has 4 aromatic rings. The molecule has 248 valence electrons. The van der Waals surface area contributed by atoms with Crippen LogP contribution in [0.4, 0.5) is 11.4 Å². The number of nitro benzene ring substituents is 2. The highest BCUT2D eigenvalue weighted by atomic mass is 79.9. The van der Waals surface area contributed by atoms with E-state index in [0.717, 1.165) is 29.5 Å². The number of methoxy groups -OCH3 is 1. The topological polar surface area (TPSA) is 175 Å². The molecule has 3 aromatic carbocycles. The largest absolute Gasteiger partial charge is 0.494 e. The molecule has 14 nitrogen and oxygen atoms in total. The van der Waals surface area contributed by atoms with Gasteiger partial charge in [0.05, 0.1) is 62.6 Å². The summed E-state index contributed by atoms with van der Waals surface area (Å²) >= 11 is 4.55. The number of hydrogen-bond donors (Lipinski definition) is 0. The maximum atomic E-state index is 14.0. The molecule has 1 atom stereocenters. The van der Waals surface area contributed by atoms with Gasteiger partial charge in [-0.3, -0.25) is 29.6 Å². The van der Waals surface area contributed by atoms with Gasteiger partial charge in [0.2, 0.25) is 5.75 Å². The summed E-state index contributed by atoms with van der Waals surface area (Å²) in [6.07, 6.45) is 1.62. The first kappa shape index (κ1) is 34.0. The third-order valence-electron chi connectivity index (χ3n) is 7.14. The number of nitro groups is 2. The molecule has 0 saturated carbocycles. The van der Waals surface area contributed by atoms with Crippen LogP contribution in [0.15, 0.2) is 80.1 Å². The van der Waals surface area contributed by atoms with Gasteiger partial charge in [-0.15, -0.1) is 0 Å². The fraction of sp³-hybridized carbons (Fsp3) is 0.219. The molecule has 0 fully saturated rings. The standard InChI is InChI=1S/C32H27BrN4O10S/c1-5-45-21-10-7-19(8-11-21)28-27(31(39)46-6-2)17(3)34-32-35(28)30(38)26(48-32)15-18-13-22(33)29(25(14-18)44-4)47-24-12-9-20(36(40)41)16-23(24)37(42)43/h7-16,28H,5-6H2,1-4H3/b26-15-/t28-/m1/s1. The van der Waals surface area contributed by atoms with Gasteiger partial charge >= 0.3 is 11.7 Å². The zero-order valence-electron chi connectivity index (χ0n) is 25.9. The van der Waals surface area contributed by atoms with Crippen molar-refractivity contribution < 1.29 is 33.6 Å². The van der Waals surface area contributed by atoms with Crippen molar-refractivity contribution in [2.24, 2.45) is 4.99 Å². The minimum Gasteiger partial charge on any atom is -0.494 e. The number of esters is 1. The Hall–Kier alpha value is -5.35. The number of carbonyl (C=O) groups is 1. The van der Waals surface area contributed by atoms with Gasteiger partial charge in [-0.1, -0.05) is 23.5 Å². The second kappa shape index (κ2) is 14.2. The number of halogens is 1. The molecule has 1 aliphatic heterocycles. The number of rotatable bonds is 11. The first-order valence-corrected chi connectivity index (χ1v) is 16.0. The molecule has 0 N–H and O–H groups in total. The fourth-order valence-corrected chi connectivity index (χ4v) is 6.64. The van der Waals surface area contributed by atoms with Gasteiger partial charge in [-0.25, -0.2) is 9.79 Å². The summed E-state index contributed by atoms with van der Waals surface area (Å²) in [7, 11) is 1.37. The van der Waals surface area contributed by atoms with Crippen molar-refractivity contribution in [3.05, 3.63) is 121 Å². The molecule has 0 aliphatic carbocycles. The van der Waals surface area contributed by atoms with Crippen molar-refractivity contribution in [1.82, 2.24) is 4.57 Å². The Bertz CT molecular complexity index is 2160. The molecule has 0 bridgehead atoms. The van der Waals surface area contributed by atoms with E-state index in [1.807, 2.05) is 6.92 Å². The molecule has 1 aromatic heterocycles. The number of benzene rings is 3. The highest BCUT2D eigenvalue weighted by Crippen LogP contribution is 2.43. The van der Waals surface area contributed by atoms with Crippen LogP contribution in [0.1, 0.15) is 37.9 Å². The van der Waals surface area contributed by atoms with Crippen LogP contribution in [0.3, 0.4) is 0 Å². The van der Waals surface area contributed by atoms with Gasteiger partial charge in [-0.2, -0.15) is 0 Å². The highest BCUT2D eigenvalue weighted by molar-refractivity contribution is 9.10. The van der Waals surface area contributed by atoms with Gasteiger partial charge in [0, 0.05) is 6.07 Å². The SMILES string of the molecule is CCOC(=O)C1=C(C)N=c2s/c(=C\c3cc(Br)c(Oc4ccc([N+](=O)[O-])cc4[N+](=O)[O-])c(OC)c3)c(=O)n2[C@@H]1c1ccc(OCC)cc1. The quantitative estimate of drug-likeness (QED) is 0.107. The van der Waals surface area contributed by atoms with E-state index in [1.54, 1.807) is 56.3 Å². The van der Waals surface area contributed by atoms with Crippen LogP contribution < -0.4 is 29.1 Å². The predicted octanol–water partition coefficient (Wildman–Crippen LogP) is 5.58. The van der Waals surface area contributed by atoms with Crippen LogP contribution >= 0.6 is 27.3 Å². The van der Waals surface area contributed by atoms with Crippen molar-refractivity contribution in [2.45, 2.75) is 26.8 Å². The van der Waals surface area contributed by atoms with Crippen molar-refractivity contribution in [3.8, 4) is 23.0 Å². The third-order valence-corrected chi connectivity index (χ3v) is 8.71. The van der Waals surface area contributed by atoms with Gasteiger partial charge < -0.3 is 18.9 Å². The number of aromatic nitrogens is 1. The van der Waals surface area contributed by atoms with E-state index in [4.69, 9.17) is 18.9 Å². The summed E-state index contributed by atoms with van der Waals surface area (Å²) in [6.45, 7) is 5.89. The van der Waals surface area contributed by atoms with Crippen molar-refractivity contribution >= 4 is 50.7 Å². The normalized spacial score (nSPS) is 14.2. The maximum absolute atomic E-state index is 14.0. The van der Waals surface area contributed by atoms with E-state index < -0.39 is 38.8 Å². The Morgan fingerprint density at radius 2 is 1.77 bits per heavy atom. The van der Waals surface area contributed by atoms with Crippen LogP contribution in [-0.2, 0) is 9.53 Å². The van der Waals surface area contributed by atoms with Gasteiger partial charge in [0.15, 0.2) is 16.3 Å². The van der Waals surface area contributed by atoms with Crippen LogP contribution in [0.25, 0.3) is 6.08 Å². The Labute approximate surface area is 284 Å². The van der Waals surface area contributed by atoms with Crippen LogP contribution in [0, 0.1) is 20.2 Å². The first-order valence-electron chi connectivity index (χ1n) is 14.4. The Morgan fingerprint density at radius 1 is 1.04 bits per heavy atom. The minimum atomic E-state index is -0.812. The predicted molar refractivity (Wildman–Crippen MR) is 179 cm³/mol. The zero-order chi connectivity index (χ0) is 34.7. The number of ether oxygens (including phenoxy) is 4. The van der Waals surface area contributed by atoms with Crippen molar-refractivity contribution in [1.29, 1.82) is 0 Å². The van der Waals surface area contributed by atoms with Gasteiger partial charge in [0.1, 0.15) is 5.75 Å². The second-order valence-corrected chi connectivity index (χ2v) is 12.0. The van der Waals surface area contributed by atoms with Crippen LogP contribution in [0.2, 0.25) is 0 Å². The lowest BCUT2D eigenvalue weighted by molar-refractivity contribution is -0.394. The van der Waals surface area contributed by atoms with Crippen LogP contribution in [-0.4, -0.2) is 40.7 Å². The summed E-state index contributed by atoms with van der Waals surface area (Å²) in [5, 5.41) is 22.8. The summed E-state index contributed by atoms with van der Waals surface area (Å²) in [5.74, 6) is 0.0429. The molecule has 0 saturated heterocycles. The molecule has 0 amide bonds. The first-order chi connectivity index (χ1) is 23.0. The molecule has 2 heterocycles. The number of non-ortho nitro benzene ring substituents is 1. The van der Waals surface area contributed by atoms with E-state index in [2.05, 4.69) is 20.9 Å². The Balaban J connectivity index is 1.60. The number of thiazole rings is 1. The number of hydrogen-bond acceptors (Lipinski definition) is 12. The van der Waals surface area contributed by atoms with Crippen molar-refractivity contribution in [3.63, 3.8) is 0 Å². The molecule has 16 heteroatoms. The number of nitrogens with zero attached hydrogens (tertiary/aromatic N) is 4. The second-order valence-electron chi connectivity index (χ2n) is 10.1. The molecule has 48 heavy (non-hydrogen) atoms. The number of allylic oxidation sites excluding steroid dienone is 1. The number of fused-ring (bicyclic) bond motifs is 1. The highest BCUT2D eigenvalue weighted by Gasteiger charge is 2.33. The van der Waals surface area contributed by atoms with Gasteiger partial charge in [-0.05, 0) is 84.2 Å². The summed E-state index contributed by atoms with van der Waals surface area (Å²) in [6, 6.07) is 12.5. The van der Waals surface area contributed by atoms with Crippen LogP contribution in [0.5, 0.6) is 23.0 Å². The summed E-state index contributed by atoms with van der Waals surface area (Å²) in [5.41, 5.74) is 0.360. The number of carbonyl (C=O) groups excluding carboxylic acids is 1. The minimum absolute atomic E-state index is 0.0678. The average Bonchev–Trinajstić information content (AvgIpc) is 3.35. The lowest BCUT2D eigenvalue weighted by Gasteiger charge is -2.24. The van der Waals surface area contributed by atoms with Crippen molar-refractivity contribution in [2.75, 3.05) is 20.3 Å². The van der Waals surface area contributed by atoms with E-state index in [1.165, 1.54) is 11.7 Å². The fourth-order valence-electron chi connectivity index (χ4n) is 5.05. The van der Waals surface area contributed by atoms with E-state index >= 15 is 0 Å². The summed E-state index contributed by atoms with van der Waals surface area (Å²) in [4.78, 5) is 53.4. The molecule has 0 unspecified atom stereocenters. The molecule has 5 rings (SSSR count). The van der Waals surface area contributed by atoms with Gasteiger partial charge in [0.25, 0.3) is 11.2 Å². The molecule has 1 aliphatic rings. The Kier molecular flexibility index (Phi) is 10.0. The summed E-state index contributed by atoms with van der Waals surface area (Å²) < 4.78 is 24.3. The van der Waals surface area contributed by atoms with E-state index in [0.29, 0.717) is 43.0 Å². The Morgan fingerprint density at radius 3 is 2.40 bits per heavy atom. The monoisotopic (exact) mass is 738 g/mol. The zero-order valence-corrected chi connectivity index (χ0v) is 28.3. The van der Waals surface area contributed by atoms with E-state index in [9.17, 15) is 29.8 Å². The molecule has 0 radical (unpaired) electrons. The lowest BCUT2D eigenvalue weighted by Crippen LogP contribution is -2.39.